The monoisotopic (exact) mass is 248 g/mol. The van der Waals surface area contributed by atoms with Crippen molar-refractivity contribution in [1.82, 2.24) is 5.32 Å². The normalized spacial score (nSPS) is 14.1. The molecule has 1 heterocycles. The molecule has 1 aliphatic rings. The minimum absolute atomic E-state index is 0.170. The topological polar surface area (TPSA) is 52.6 Å². The number of nitrogens with one attached hydrogen (secondary N) is 1. The lowest BCUT2D eigenvalue weighted by Crippen LogP contribution is -2.20. The zero-order valence-corrected chi connectivity index (χ0v) is 10.8. The van der Waals surface area contributed by atoms with Gasteiger partial charge in [0, 0.05) is 19.3 Å². The van der Waals surface area contributed by atoms with Crippen LogP contribution in [0.15, 0.2) is 18.2 Å². The number of carbonyl (C=O) groups is 1. The standard InChI is InChI=1S/C14H20N2O2/c1-16-13-4-3-11(5-7-15-6-2-8-17)9-12(13)10-14(16)18/h3-4,9,15,17H,2,5-8,10H2,1H3. The van der Waals surface area contributed by atoms with E-state index in [1.54, 1.807) is 4.90 Å². The molecule has 0 saturated heterocycles. The largest absolute Gasteiger partial charge is 0.396 e. The second kappa shape index (κ2) is 5.98. The molecule has 0 aliphatic carbocycles. The highest BCUT2D eigenvalue weighted by atomic mass is 16.3. The van der Waals surface area contributed by atoms with Gasteiger partial charge in [0.05, 0.1) is 6.42 Å². The first kappa shape index (κ1) is 13.1. The number of hydrogen-bond donors (Lipinski definition) is 2. The van der Waals surface area contributed by atoms with Crippen LogP contribution in [0.2, 0.25) is 0 Å². The molecular weight excluding hydrogens is 228 g/mol. The van der Waals surface area contributed by atoms with E-state index in [2.05, 4.69) is 17.4 Å². The third-order valence-electron chi connectivity index (χ3n) is 3.32. The van der Waals surface area contributed by atoms with E-state index in [9.17, 15) is 4.79 Å². The Morgan fingerprint density at radius 2 is 2.22 bits per heavy atom. The van der Waals surface area contributed by atoms with Crippen molar-refractivity contribution in [2.24, 2.45) is 0 Å². The number of rotatable bonds is 6. The van der Waals surface area contributed by atoms with E-state index in [1.807, 2.05) is 13.1 Å². The maximum atomic E-state index is 11.6. The Morgan fingerprint density at radius 1 is 1.39 bits per heavy atom. The van der Waals surface area contributed by atoms with Gasteiger partial charge < -0.3 is 15.3 Å². The van der Waals surface area contributed by atoms with E-state index in [0.717, 1.165) is 37.2 Å². The van der Waals surface area contributed by atoms with Crippen LogP contribution in [0, 0.1) is 0 Å². The van der Waals surface area contributed by atoms with Gasteiger partial charge in [-0.3, -0.25) is 4.79 Å². The van der Waals surface area contributed by atoms with Crippen LogP contribution in [0.1, 0.15) is 17.5 Å². The summed E-state index contributed by atoms with van der Waals surface area (Å²) < 4.78 is 0. The first-order valence-electron chi connectivity index (χ1n) is 6.42. The van der Waals surface area contributed by atoms with Gasteiger partial charge in [-0.2, -0.15) is 0 Å². The van der Waals surface area contributed by atoms with Crippen LogP contribution in [0.4, 0.5) is 5.69 Å². The number of amides is 1. The fourth-order valence-electron chi connectivity index (χ4n) is 2.24. The van der Waals surface area contributed by atoms with E-state index >= 15 is 0 Å². The average Bonchev–Trinajstić information content (AvgIpc) is 2.65. The SMILES string of the molecule is CN1C(=O)Cc2cc(CCNCCCO)ccc21. The highest BCUT2D eigenvalue weighted by Crippen LogP contribution is 2.28. The number of anilines is 1. The van der Waals surface area contributed by atoms with Gasteiger partial charge in [-0.25, -0.2) is 0 Å². The van der Waals surface area contributed by atoms with Crippen molar-refractivity contribution in [3.05, 3.63) is 29.3 Å². The quantitative estimate of drug-likeness (QED) is 0.729. The van der Waals surface area contributed by atoms with Crippen molar-refractivity contribution in [3.63, 3.8) is 0 Å². The Balaban J connectivity index is 1.89. The van der Waals surface area contributed by atoms with Crippen LogP contribution in [0.3, 0.4) is 0 Å². The first-order chi connectivity index (χ1) is 8.72. The maximum absolute atomic E-state index is 11.6. The molecule has 1 aromatic carbocycles. The Labute approximate surface area is 108 Å². The molecule has 0 atom stereocenters. The molecule has 0 bridgehead atoms. The lowest BCUT2D eigenvalue weighted by Gasteiger charge is -2.10. The molecule has 4 heteroatoms. The molecule has 18 heavy (non-hydrogen) atoms. The lowest BCUT2D eigenvalue weighted by atomic mass is 10.1. The van der Waals surface area contributed by atoms with Gasteiger partial charge >= 0.3 is 0 Å². The molecule has 1 aliphatic heterocycles. The van der Waals surface area contributed by atoms with Gasteiger partial charge in [0.1, 0.15) is 0 Å². The smallest absolute Gasteiger partial charge is 0.231 e. The third-order valence-corrected chi connectivity index (χ3v) is 3.32. The fourth-order valence-corrected chi connectivity index (χ4v) is 2.24. The van der Waals surface area contributed by atoms with Gasteiger partial charge in [0.15, 0.2) is 0 Å². The number of carbonyl (C=O) groups excluding carboxylic acids is 1. The molecule has 0 unspecified atom stereocenters. The minimum atomic E-state index is 0.170. The summed E-state index contributed by atoms with van der Waals surface area (Å²) in [5, 5.41) is 11.9. The summed E-state index contributed by atoms with van der Waals surface area (Å²) in [7, 11) is 1.82. The molecule has 1 aromatic rings. The molecule has 98 valence electrons. The van der Waals surface area contributed by atoms with Crippen molar-refractivity contribution in [2.75, 3.05) is 31.6 Å². The molecule has 0 spiro atoms. The fraction of sp³-hybridized carbons (Fsp3) is 0.500. The molecule has 0 fully saturated rings. The van der Waals surface area contributed by atoms with E-state index in [1.165, 1.54) is 5.56 Å². The van der Waals surface area contributed by atoms with E-state index < -0.39 is 0 Å². The van der Waals surface area contributed by atoms with Crippen molar-refractivity contribution in [3.8, 4) is 0 Å². The van der Waals surface area contributed by atoms with E-state index in [0.29, 0.717) is 6.42 Å². The van der Waals surface area contributed by atoms with E-state index in [-0.39, 0.29) is 12.5 Å². The van der Waals surface area contributed by atoms with Gasteiger partial charge in [0.2, 0.25) is 5.91 Å². The molecule has 0 saturated carbocycles. The van der Waals surface area contributed by atoms with Crippen molar-refractivity contribution >= 4 is 11.6 Å². The van der Waals surface area contributed by atoms with E-state index in [4.69, 9.17) is 5.11 Å². The molecule has 0 radical (unpaired) electrons. The van der Waals surface area contributed by atoms with Crippen LogP contribution >= 0.6 is 0 Å². The molecule has 4 nitrogen and oxygen atoms in total. The van der Waals surface area contributed by atoms with Gasteiger partial charge in [-0.05, 0) is 43.1 Å². The first-order valence-corrected chi connectivity index (χ1v) is 6.42. The number of likely N-dealkylation sites (N-methyl/N-ethyl adjacent to an activating group) is 1. The molecule has 2 N–H and O–H groups in total. The van der Waals surface area contributed by atoms with Gasteiger partial charge in [-0.15, -0.1) is 0 Å². The van der Waals surface area contributed by atoms with Crippen LogP contribution in [-0.2, 0) is 17.6 Å². The van der Waals surface area contributed by atoms with Crippen LogP contribution in [0.25, 0.3) is 0 Å². The summed E-state index contributed by atoms with van der Waals surface area (Å²) in [4.78, 5) is 13.3. The maximum Gasteiger partial charge on any atom is 0.231 e. The second-order valence-electron chi connectivity index (χ2n) is 4.67. The highest BCUT2D eigenvalue weighted by Gasteiger charge is 2.23. The summed E-state index contributed by atoms with van der Waals surface area (Å²) in [5.41, 5.74) is 3.43. The van der Waals surface area contributed by atoms with Gasteiger partial charge in [0.25, 0.3) is 0 Å². The summed E-state index contributed by atoms with van der Waals surface area (Å²) in [6.07, 6.45) is 2.28. The molecule has 2 rings (SSSR count). The van der Waals surface area contributed by atoms with Crippen molar-refractivity contribution in [1.29, 1.82) is 0 Å². The summed E-state index contributed by atoms with van der Waals surface area (Å²) in [6, 6.07) is 6.25. The Bertz CT molecular complexity index is 432. The van der Waals surface area contributed by atoms with Crippen molar-refractivity contribution in [2.45, 2.75) is 19.3 Å². The minimum Gasteiger partial charge on any atom is -0.396 e. The Morgan fingerprint density at radius 3 is 3.00 bits per heavy atom. The third kappa shape index (κ3) is 2.89. The average molecular weight is 248 g/mol. The zero-order valence-electron chi connectivity index (χ0n) is 10.8. The Hall–Kier alpha value is -1.39. The number of fused-ring (bicyclic) bond motifs is 1. The van der Waals surface area contributed by atoms with Crippen LogP contribution < -0.4 is 10.2 Å². The molecular formula is C14H20N2O2. The predicted octanol–water partition coefficient (Wildman–Crippen LogP) is 0.720. The summed E-state index contributed by atoms with van der Waals surface area (Å²) in [6.45, 7) is 1.99. The summed E-state index contributed by atoms with van der Waals surface area (Å²) in [5.74, 6) is 0.170. The number of benzene rings is 1. The lowest BCUT2D eigenvalue weighted by molar-refractivity contribution is -0.117. The second-order valence-corrected chi connectivity index (χ2v) is 4.67. The molecule has 0 aromatic heterocycles. The van der Waals surface area contributed by atoms with Crippen molar-refractivity contribution < 1.29 is 9.90 Å². The highest BCUT2D eigenvalue weighted by molar-refractivity contribution is 6.00. The summed E-state index contributed by atoms with van der Waals surface area (Å²) >= 11 is 0. The van der Waals surface area contributed by atoms with Crippen LogP contribution in [0.5, 0.6) is 0 Å². The molecule has 1 amide bonds. The van der Waals surface area contributed by atoms with Gasteiger partial charge in [-0.1, -0.05) is 12.1 Å². The predicted molar refractivity (Wildman–Crippen MR) is 71.8 cm³/mol. The number of nitrogens with zero attached hydrogens (tertiary/aromatic N) is 1. The number of aliphatic hydroxyl groups is 1. The number of aliphatic hydroxyl groups excluding tert-OH is 1. The zero-order chi connectivity index (χ0) is 13.0. The Kier molecular flexibility index (Phi) is 4.33. The number of hydrogen-bond acceptors (Lipinski definition) is 3. The van der Waals surface area contributed by atoms with Crippen LogP contribution in [-0.4, -0.2) is 37.8 Å².